The summed E-state index contributed by atoms with van der Waals surface area (Å²) in [5, 5.41) is 10.5. The number of aromatic nitrogens is 2. The average molecular weight is 266 g/mol. The minimum Gasteiger partial charge on any atom is -0.378 e. The zero-order valence-electron chi connectivity index (χ0n) is 11.8. The first-order valence-corrected chi connectivity index (χ1v) is 6.67. The Kier molecular flexibility index (Phi) is 4.55. The van der Waals surface area contributed by atoms with Crippen molar-refractivity contribution in [3.63, 3.8) is 0 Å². The quantitative estimate of drug-likeness (QED) is 0.821. The summed E-state index contributed by atoms with van der Waals surface area (Å²) in [6.07, 6.45) is 2.26. The Labute approximate surface area is 113 Å². The number of ether oxygens (including phenoxy) is 1. The molecule has 2 rings (SSSR count). The number of hydrogen-bond acceptors (Lipinski definition) is 4. The van der Waals surface area contributed by atoms with Crippen LogP contribution in [-0.2, 0) is 16.6 Å². The van der Waals surface area contributed by atoms with Crippen LogP contribution in [0.4, 0.5) is 0 Å². The highest BCUT2D eigenvalue weighted by molar-refractivity contribution is 5.77. The Morgan fingerprint density at radius 1 is 1.74 bits per heavy atom. The molecular formula is C13H22N4O2. The molecule has 1 aliphatic heterocycles. The maximum atomic E-state index is 12.0. The monoisotopic (exact) mass is 266 g/mol. The molecule has 0 spiro atoms. The van der Waals surface area contributed by atoms with Crippen LogP contribution in [0.2, 0.25) is 0 Å². The van der Waals surface area contributed by atoms with E-state index in [0.29, 0.717) is 13.0 Å². The molecule has 0 aromatic carbocycles. The van der Waals surface area contributed by atoms with Gasteiger partial charge in [0, 0.05) is 37.3 Å². The lowest BCUT2D eigenvalue weighted by Crippen LogP contribution is -2.44. The van der Waals surface area contributed by atoms with E-state index in [2.05, 4.69) is 15.7 Å². The van der Waals surface area contributed by atoms with E-state index in [9.17, 15) is 4.79 Å². The van der Waals surface area contributed by atoms with E-state index in [4.69, 9.17) is 4.74 Å². The van der Waals surface area contributed by atoms with Crippen molar-refractivity contribution in [2.24, 2.45) is 7.05 Å². The minimum absolute atomic E-state index is 0.0225. The Hall–Kier alpha value is -1.40. The van der Waals surface area contributed by atoms with Crippen molar-refractivity contribution < 1.29 is 9.53 Å². The molecule has 0 bridgehead atoms. The van der Waals surface area contributed by atoms with Gasteiger partial charge in [-0.25, -0.2) is 0 Å². The largest absolute Gasteiger partial charge is 0.378 e. The van der Waals surface area contributed by atoms with Crippen LogP contribution < -0.4 is 10.6 Å². The summed E-state index contributed by atoms with van der Waals surface area (Å²) in [6, 6.07) is 0.0988. The highest BCUT2D eigenvalue weighted by Gasteiger charge is 2.19. The molecule has 2 atom stereocenters. The molecule has 106 valence electrons. The standard InChI is InChI=1S/C13H22N4O2/c1-9(12-7-15-17(3)10(12)2)16-13(18)6-11-8-19-5-4-14-11/h7,9,11,14H,4-6,8H2,1-3H3,(H,16,18). The van der Waals surface area contributed by atoms with Gasteiger partial charge < -0.3 is 15.4 Å². The topological polar surface area (TPSA) is 68.2 Å². The van der Waals surface area contributed by atoms with Crippen molar-refractivity contribution in [1.82, 2.24) is 20.4 Å². The normalized spacial score (nSPS) is 21.1. The summed E-state index contributed by atoms with van der Waals surface area (Å²) in [5.74, 6) is 0.0405. The van der Waals surface area contributed by atoms with Gasteiger partial charge in [0.05, 0.1) is 25.5 Å². The number of rotatable bonds is 4. The van der Waals surface area contributed by atoms with Crippen molar-refractivity contribution in [2.75, 3.05) is 19.8 Å². The third-order valence-electron chi connectivity index (χ3n) is 3.55. The van der Waals surface area contributed by atoms with Gasteiger partial charge in [-0.05, 0) is 13.8 Å². The number of aryl methyl sites for hydroxylation is 1. The fourth-order valence-electron chi connectivity index (χ4n) is 2.29. The van der Waals surface area contributed by atoms with Crippen LogP contribution >= 0.6 is 0 Å². The third kappa shape index (κ3) is 3.54. The van der Waals surface area contributed by atoms with E-state index in [1.54, 1.807) is 0 Å². The highest BCUT2D eigenvalue weighted by Crippen LogP contribution is 2.16. The Bertz CT molecular complexity index is 438. The molecule has 2 unspecified atom stereocenters. The van der Waals surface area contributed by atoms with E-state index in [1.165, 1.54) is 0 Å². The van der Waals surface area contributed by atoms with Gasteiger partial charge in [0.15, 0.2) is 0 Å². The molecule has 2 N–H and O–H groups in total. The van der Waals surface area contributed by atoms with Crippen molar-refractivity contribution in [3.05, 3.63) is 17.5 Å². The Morgan fingerprint density at radius 3 is 3.11 bits per heavy atom. The lowest BCUT2D eigenvalue weighted by molar-refractivity contribution is -0.122. The summed E-state index contributed by atoms with van der Waals surface area (Å²) in [4.78, 5) is 12.0. The van der Waals surface area contributed by atoms with Gasteiger partial charge in [0.1, 0.15) is 0 Å². The second-order valence-corrected chi connectivity index (χ2v) is 5.03. The molecule has 2 heterocycles. The Morgan fingerprint density at radius 2 is 2.53 bits per heavy atom. The van der Waals surface area contributed by atoms with Gasteiger partial charge in [-0.2, -0.15) is 5.10 Å². The summed E-state index contributed by atoms with van der Waals surface area (Å²) >= 11 is 0. The van der Waals surface area contributed by atoms with Crippen molar-refractivity contribution in [3.8, 4) is 0 Å². The fourth-order valence-corrected chi connectivity index (χ4v) is 2.29. The van der Waals surface area contributed by atoms with Gasteiger partial charge in [0.25, 0.3) is 0 Å². The van der Waals surface area contributed by atoms with E-state index in [-0.39, 0.29) is 18.0 Å². The molecule has 1 aromatic heterocycles. The molecule has 6 heteroatoms. The van der Waals surface area contributed by atoms with Gasteiger partial charge in [-0.3, -0.25) is 9.48 Å². The zero-order valence-corrected chi connectivity index (χ0v) is 11.8. The molecular weight excluding hydrogens is 244 g/mol. The number of morpholine rings is 1. The number of nitrogens with one attached hydrogen (secondary N) is 2. The predicted octanol–water partition coefficient (Wildman–Crippen LogP) is 0.284. The first kappa shape index (κ1) is 14.0. The second kappa shape index (κ2) is 6.16. The van der Waals surface area contributed by atoms with E-state index < -0.39 is 0 Å². The molecule has 19 heavy (non-hydrogen) atoms. The lowest BCUT2D eigenvalue weighted by atomic mass is 10.1. The molecule has 1 amide bonds. The number of amides is 1. The van der Waals surface area contributed by atoms with Crippen molar-refractivity contribution in [1.29, 1.82) is 0 Å². The van der Waals surface area contributed by atoms with Crippen LogP contribution in [0.15, 0.2) is 6.20 Å². The molecule has 1 aliphatic rings. The van der Waals surface area contributed by atoms with E-state index in [1.807, 2.05) is 31.8 Å². The molecule has 1 fully saturated rings. The average Bonchev–Trinajstić information content (AvgIpc) is 2.71. The summed E-state index contributed by atoms with van der Waals surface area (Å²) < 4.78 is 7.15. The van der Waals surface area contributed by atoms with Crippen LogP contribution in [0.3, 0.4) is 0 Å². The second-order valence-electron chi connectivity index (χ2n) is 5.03. The number of nitrogens with zero attached hydrogens (tertiary/aromatic N) is 2. The number of carbonyl (C=O) groups is 1. The number of hydrogen-bond donors (Lipinski definition) is 2. The van der Waals surface area contributed by atoms with Gasteiger partial charge in [0.2, 0.25) is 5.91 Å². The maximum Gasteiger partial charge on any atom is 0.222 e. The summed E-state index contributed by atoms with van der Waals surface area (Å²) in [7, 11) is 1.90. The number of carbonyl (C=O) groups excluding carboxylic acids is 1. The SMILES string of the molecule is Cc1c(C(C)NC(=O)CC2COCCN2)cnn1C. The molecule has 1 saturated heterocycles. The molecule has 0 saturated carbocycles. The molecule has 0 radical (unpaired) electrons. The zero-order chi connectivity index (χ0) is 13.8. The Balaban J connectivity index is 1.86. The predicted molar refractivity (Wildman–Crippen MR) is 71.7 cm³/mol. The van der Waals surface area contributed by atoms with Crippen LogP contribution in [-0.4, -0.2) is 41.5 Å². The molecule has 6 nitrogen and oxygen atoms in total. The van der Waals surface area contributed by atoms with Crippen LogP contribution in [0.25, 0.3) is 0 Å². The first-order chi connectivity index (χ1) is 9.08. The fraction of sp³-hybridized carbons (Fsp3) is 0.692. The van der Waals surface area contributed by atoms with Crippen LogP contribution in [0, 0.1) is 6.92 Å². The van der Waals surface area contributed by atoms with Crippen molar-refractivity contribution >= 4 is 5.91 Å². The van der Waals surface area contributed by atoms with E-state index in [0.717, 1.165) is 24.4 Å². The van der Waals surface area contributed by atoms with Crippen molar-refractivity contribution in [2.45, 2.75) is 32.4 Å². The minimum atomic E-state index is -0.0225. The van der Waals surface area contributed by atoms with E-state index >= 15 is 0 Å². The lowest BCUT2D eigenvalue weighted by Gasteiger charge is -2.24. The molecule has 1 aromatic rings. The van der Waals surface area contributed by atoms with Gasteiger partial charge >= 0.3 is 0 Å². The maximum absolute atomic E-state index is 12.0. The smallest absolute Gasteiger partial charge is 0.222 e. The van der Waals surface area contributed by atoms with Gasteiger partial charge in [-0.15, -0.1) is 0 Å². The summed E-state index contributed by atoms with van der Waals surface area (Å²) in [5.41, 5.74) is 2.13. The van der Waals surface area contributed by atoms with Crippen LogP contribution in [0.5, 0.6) is 0 Å². The summed E-state index contributed by atoms with van der Waals surface area (Å²) in [6.45, 7) is 6.13. The highest BCUT2D eigenvalue weighted by atomic mass is 16.5. The molecule has 0 aliphatic carbocycles. The van der Waals surface area contributed by atoms with Gasteiger partial charge in [-0.1, -0.05) is 0 Å². The third-order valence-corrected chi connectivity index (χ3v) is 3.55. The first-order valence-electron chi connectivity index (χ1n) is 6.67. The van der Waals surface area contributed by atoms with Crippen LogP contribution in [0.1, 0.15) is 30.6 Å².